The van der Waals surface area contributed by atoms with Gasteiger partial charge < -0.3 is 14.8 Å². The molecule has 27 heavy (non-hydrogen) atoms. The number of fused-ring (bicyclic) bond motifs is 1. The maximum absolute atomic E-state index is 13.4. The van der Waals surface area contributed by atoms with Crippen molar-refractivity contribution in [3.63, 3.8) is 0 Å². The van der Waals surface area contributed by atoms with Gasteiger partial charge >= 0.3 is 0 Å². The summed E-state index contributed by atoms with van der Waals surface area (Å²) >= 11 is 0. The van der Waals surface area contributed by atoms with Crippen LogP contribution in [-0.2, 0) is 24.9 Å². The number of rotatable bonds is 3. The SMILES string of the molecule is CC(=O)/C=C(/C)O.COc1cc(-c2nccc3ccccc23)[c-]cc1F.[Ir]. The maximum Gasteiger partial charge on any atom is 0.155 e. The van der Waals surface area contributed by atoms with Gasteiger partial charge in [-0.1, -0.05) is 30.3 Å². The Bertz CT molecular complexity index is 948. The fourth-order valence-electron chi connectivity index (χ4n) is 2.38. The van der Waals surface area contributed by atoms with Crippen LogP contribution in [0.15, 0.2) is 60.5 Å². The molecule has 1 aromatic heterocycles. The predicted octanol–water partition coefficient (Wildman–Crippen LogP) is 4.88. The van der Waals surface area contributed by atoms with Gasteiger partial charge in [-0.25, -0.2) is 0 Å². The number of halogens is 1. The Labute approximate surface area is 171 Å². The first kappa shape index (κ1) is 22.5. The third-order valence-electron chi connectivity index (χ3n) is 3.43. The number of carbonyl (C=O) groups excluding carboxylic acids is 1. The molecule has 3 rings (SSSR count). The minimum Gasteiger partial charge on any atom is -0.513 e. The van der Waals surface area contributed by atoms with Crippen LogP contribution in [-0.4, -0.2) is 23.0 Å². The number of aliphatic hydroxyl groups excluding tert-OH is 1. The molecule has 0 aliphatic heterocycles. The van der Waals surface area contributed by atoms with Crippen molar-refractivity contribution in [2.24, 2.45) is 0 Å². The standard InChI is InChI=1S/C16H11FNO.C5H8O2.Ir/c1-19-15-10-12(6-7-14(15)17)16-13-5-3-2-4-11(13)8-9-18-16;1-4(6)3-5(2)7;/h2-5,7-10H,1H3;3,6H,1-2H3;/q-1;;/b;4-3-;. The number of hydrogen-bond acceptors (Lipinski definition) is 4. The van der Waals surface area contributed by atoms with Gasteiger partial charge in [0.1, 0.15) is 0 Å². The van der Waals surface area contributed by atoms with Crippen molar-refractivity contribution in [2.75, 3.05) is 7.11 Å². The monoisotopic (exact) mass is 545 g/mol. The first-order chi connectivity index (χ1) is 12.4. The average Bonchev–Trinajstić information content (AvgIpc) is 2.61. The number of aliphatic hydroxyl groups is 1. The van der Waals surface area contributed by atoms with Crippen molar-refractivity contribution in [2.45, 2.75) is 13.8 Å². The summed E-state index contributed by atoms with van der Waals surface area (Å²) in [5.41, 5.74) is 1.49. The summed E-state index contributed by atoms with van der Waals surface area (Å²) in [6, 6.07) is 15.7. The van der Waals surface area contributed by atoms with Gasteiger partial charge in [0, 0.05) is 32.4 Å². The molecule has 0 aliphatic carbocycles. The third kappa shape index (κ3) is 6.27. The minimum absolute atomic E-state index is 0. The number of aromatic nitrogens is 1. The summed E-state index contributed by atoms with van der Waals surface area (Å²) in [4.78, 5) is 14.4. The van der Waals surface area contributed by atoms with E-state index in [0.29, 0.717) is 0 Å². The average molecular weight is 545 g/mol. The summed E-state index contributed by atoms with van der Waals surface area (Å²) in [5, 5.41) is 10.5. The smallest absolute Gasteiger partial charge is 0.155 e. The van der Waals surface area contributed by atoms with E-state index in [2.05, 4.69) is 11.1 Å². The molecule has 143 valence electrons. The Morgan fingerprint density at radius 1 is 1.26 bits per heavy atom. The minimum atomic E-state index is -0.425. The number of ether oxygens (including phenoxy) is 1. The van der Waals surface area contributed by atoms with Gasteiger partial charge in [-0.05, 0) is 36.4 Å². The van der Waals surface area contributed by atoms with Gasteiger partial charge in [0.25, 0.3) is 0 Å². The topological polar surface area (TPSA) is 59.4 Å². The number of carbonyl (C=O) groups is 1. The van der Waals surface area contributed by atoms with Gasteiger partial charge in [0.15, 0.2) is 5.78 Å². The number of pyridine rings is 1. The van der Waals surface area contributed by atoms with Crippen LogP contribution >= 0.6 is 0 Å². The van der Waals surface area contributed by atoms with E-state index in [0.717, 1.165) is 22.0 Å². The third-order valence-corrected chi connectivity index (χ3v) is 3.43. The molecule has 0 unspecified atom stereocenters. The Morgan fingerprint density at radius 3 is 2.56 bits per heavy atom. The molecular formula is C21H19FIrNO3-. The fraction of sp³-hybridized carbons (Fsp3) is 0.143. The molecule has 0 amide bonds. The second-order valence-corrected chi connectivity index (χ2v) is 5.54. The van der Waals surface area contributed by atoms with E-state index in [1.807, 2.05) is 30.3 Å². The number of methoxy groups -OCH3 is 1. The summed E-state index contributed by atoms with van der Waals surface area (Å²) in [6.45, 7) is 2.85. The van der Waals surface area contributed by atoms with Crippen LogP contribution < -0.4 is 4.74 Å². The van der Waals surface area contributed by atoms with Crippen LogP contribution in [0, 0.1) is 11.9 Å². The zero-order valence-electron chi connectivity index (χ0n) is 15.1. The Kier molecular flexibility index (Phi) is 8.79. The van der Waals surface area contributed by atoms with E-state index in [1.165, 1.54) is 33.1 Å². The van der Waals surface area contributed by atoms with E-state index in [1.54, 1.807) is 12.3 Å². The molecule has 0 saturated heterocycles. The number of ketones is 1. The molecule has 0 bridgehead atoms. The van der Waals surface area contributed by atoms with Crippen LogP contribution in [0.25, 0.3) is 22.0 Å². The molecule has 0 atom stereocenters. The molecule has 1 N–H and O–H groups in total. The van der Waals surface area contributed by atoms with Crippen LogP contribution in [0.3, 0.4) is 0 Å². The molecule has 0 spiro atoms. The van der Waals surface area contributed by atoms with E-state index >= 15 is 0 Å². The Hall–Kier alpha value is -2.56. The van der Waals surface area contributed by atoms with Crippen molar-refractivity contribution < 1.29 is 39.1 Å². The summed E-state index contributed by atoms with van der Waals surface area (Å²) in [5.74, 6) is -0.289. The number of nitrogens with zero attached hydrogens (tertiary/aromatic N) is 1. The van der Waals surface area contributed by atoms with Gasteiger partial charge in [-0.3, -0.25) is 9.18 Å². The van der Waals surface area contributed by atoms with Crippen molar-refractivity contribution in [3.05, 3.63) is 72.4 Å². The second-order valence-electron chi connectivity index (χ2n) is 5.54. The van der Waals surface area contributed by atoms with Crippen LogP contribution in [0.2, 0.25) is 0 Å². The molecule has 0 fully saturated rings. The first-order valence-corrected chi connectivity index (χ1v) is 7.89. The summed E-state index contributed by atoms with van der Waals surface area (Å²) in [7, 11) is 1.44. The van der Waals surface area contributed by atoms with Crippen molar-refractivity contribution in [3.8, 4) is 17.0 Å². The molecule has 2 aromatic carbocycles. The van der Waals surface area contributed by atoms with Gasteiger partial charge in [0.05, 0.1) is 24.4 Å². The van der Waals surface area contributed by atoms with Crippen molar-refractivity contribution in [1.82, 2.24) is 4.98 Å². The summed E-state index contributed by atoms with van der Waals surface area (Å²) < 4.78 is 18.4. The molecular weight excluding hydrogens is 525 g/mol. The number of benzene rings is 2. The number of allylic oxidation sites excluding steroid dienone is 2. The molecule has 1 heterocycles. The van der Waals surface area contributed by atoms with Crippen LogP contribution in [0.1, 0.15) is 13.8 Å². The van der Waals surface area contributed by atoms with Gasteiger partial charge in [-0.2, -0.15) is 0 Å². The van der Waals surface area contributed by atoms with Gasteiger partial charge in [0.2, 0.25) is 0 Å². The molecule has 0 saturated carbocycles. The second kappa shape index (κ2) is 10.6. The largest absolute Gasteiger partial charge is 0.513 e. The normalized spacial score (nSPS) is 10.4. The van der Waals surface area contributed by atoms with Crippen LogP contribution in [0.5, 0.6) is 5.75 Å². The van der Waals surface area contributed by atoms with E-state index in [4.69, 9.17) is 9.84 Å². The molecule has 6 heteroatoms. The summed E-state index contributed by atoms with van der Waals surface area (Å²) in [6.07, 6.45) is 2.90. The van der Waals surface area contributed by atoms with Crippen molar-refractivity contribution in [1.29, 1.82) is 0 Å². The first-order valence-electron chi connectivity index (χ1n) is 7.89. The molecule has 1 radical (unpaired) electrons. The zero-order chi connectivity index (χ0) is 19.1. The Morgan fingerprint density at radius 2 is 1.96 bits per heavy atom. The predicted molar refractivity (Wildman–Crippen MR) is 99.6 cm³/mol. The maximum atomic E-state index is 13.4. The zero-order valence-corrected chi connectivity index (χ0v) is 17.5. The van der Waals surface area contributed by atoms with Crippen molar-refractivity contribution >= 4 is 16.6 Å². The Balaban J connectivity index is 0.000000395. The van der Waals surface area contributed by atoms with Gasteiger partial charge in [-0.15, -0.1) is 17.7 Å². The molecule has 0 aliphatic rings. The van der Waals surface area contributed by atoms with E-state index in [9.17, 15) is 9.18 Å². The van der Waals surface area contributed by atoms with E-state index < -0.39 is 5.82 Å². The number of hydrogen-bond donors (Lipinski definition) is 1. The van der Waals surface area contributed by atoms with Crippen LogP contribution in [0.4, 0.5) is 4.39 Å². The molecule has 3 aromatic rings. The molecule has 4 nitrogen and oxygen atoms in total. The van der Waals surface area contributed by atoms with E-state index in [-0.39, 0.29) is 37.4 Å². The fourth-order valence-corrected chi connectivity index (χ4v) is 2.38. The quantitative estimate of drug-likeness (QED) is 0.290.